The number of pyridine rings is 1. The van der Waals surface area contributed by atoms with Gasteiger partial charge >= 0.3 is 0 Å². The highest BCUT2D eigenvalue weighted by atomic mass is 16.5. The molecule has 1 saturated carbocycles. The molecule has 3 rings (SSSR count). The van der Waals surface area contributed by atoms with Crippen LogP contribution in [-0.4, -0.2) is 42.2 Å². The molecule has 1 aliphatic carbocycles. The minimum absolute atomic E-state index is 0.591. The topological polar surface area (TPSA) is 37.4 Å². The SMILES string of the molecule is COc1cccc(CN2CC(C3CC3)NCC2C(C)C)n1. The molecule has 2 heterocycles. The Labute approximate surface area is 127 Å². The van der Waals surface area contributed by atoms with Crippen molar-refractivity contribution in [3.63, 3.8) is 0 Å². The summed E-state index contributed by atoms with van der Waals surface area (Å²) < 4.78 is 5.25. The van der Waals surface area contributed by atoms with E-state index in [1.54, 1.807) is 7.11 Å². The molecule has 1 aromatic heterocycles. The van der Waals surface area contributed by atoms with Crippen LogP contribution in [0, 0.1) is 11.8 Å². The molecule has 2 unspecified atom stereocenters. The average molecular weight is 289 g/mol. The van der Waals surface area contributed by atoms with Gasteiger partial charge in [0.05, 0.1) is 12.8 Å². The Kier molecular flexibility index (Phi) is 4.45. The van der Waals surface area contributed by atoms with Gasteiger partial charge in [-0.15, -0.1) is 0 Å². The van der Waals surface area contributed by atoms with Crippen molar-refractivity contribution < 1.29 is 4.74 Å². The van der Waals surface area contributed by atoms with Crippen LogP contribution in [0.25, 0.3) is 0 Å². The zero-order chi connectivity index (χ0) is 14.8. The maximum absolute atomic E-state index is 5.25. The minimum Gasteiger partial charge on any atom is -0.481 e. The van der Waals surface area contributed by atoms with E-state index in [0.29, 0.717) is 23.9 Å². The van der Waals surface area contributed by atoms with Crippen LogP contribution in [0.15, 0.2) is 18.2 Å². The number of ether oxygens (including phenoxy) is 1. The maximum Gasteiger partial charge on any atom is 0.213 e. The van der Waals surface area contributed by atoms with Crippen molar-refractivity contribution in [2.45, 2.75) is 45.3 Å². The van der Waals surface area contributed by atoms with Crippen molar-refractivity contribution in [2.24, 2.45) is 11.8 Å². The molecule has 2 fully saturated rings. The number of nitrogens with one attached hydrogen (secondary N) is 1. The van der Waals surface area contributed by atoms with Crippen molar-refractivity contribution in [1.29, 1.82) is 0 Å². The lowest BCUT2D eigenvalue weighted by Gasteiger charge is -2.42. The Morgan fingerprint density at radius 2 is 2.19 bits per heavy atom. The summed E-state index contributed by atoms with van der Waals surface area (Å²) in [6.45, 7) is 7.80. The van der Waals surface area contributed by atoms with Gasteiger partial charge in [0, 0.05) is 37.8 Å². The molecular weight excluding hydrogens is 262 g/mol. The molecule has 1 aromatic rings. The van der Waals surface area contributed by atoms with Gasteiger partial charge in [-0.05, 0) is 30.7 Å². The van der Waals surface area contributed by atoms with E-state index in [0.717, 1.165) is 31.2 Å². The fourth-order valence-corrected chi connectivity index (χ4v) is 3.37. The van der Waals surface area contributed by atoms with Crippen LogP contribution in [0.4, 0.5) is 0 Å². The smallest absolute Gasteiger partial charge is 0.213 e. The van der Waals surface area contributed by atoms with Gasteiger partial charge in [0.15, 0.2) is 0 Å². The third kappa shape index (κ3) is 3.55. The summed E-state index contributed by atoms with van der Waals surface area (Å²) in [6, 6.07) is 7.31. The molecule has 0 amide bonds. The highest BCUT2D eigenvalue weighted by Crippen LogP contribution is 2.35. The van der Waals surface area contributed by atoms with E-state index in [1.165, 1.54) is 12.8 Å². The van der Waals surface area contributed by atoms with Gasteiger partial charge in [0.25, 0.3) is 0 Å². The average Bonchev–Trinajstić information content (AvgIpc) is 3.32. The fourth-order valence-electron chi connectivity index (χ4n) is 3.37. The van der Waals surface area contributed by atoms with Crippen LogP contribution in [0.5, 0.6) is 5.88 Å². The van der Waals surface area contributed by atoms with Crippen molar-refractivity contribution in [3.05, 3.63) is 23.9 Å². The number of methoxy groups -OCH3 is 1. The highest BCUT2D eigenvalue weighted by Gasteiger charge is 2.37. The summed E-state index contributed by atoms with van der Waals surface area (Å²) in [5, 5.41) is 3.76. The zero-order valence-electron chi connectivity index (χ0n) is 13.4. The molecule has 4 heteroatoms. The quantitative estimate of drug-likeness (QED) is 0.902. The van der Waals surface area contributed by atoms with Crippen LogP contribution >= 0.6 is 0 Å². The van der Waals surface area contributed by atoms with Gasteiger partial charge in [-0.1, -0.05) is 19.9 Å². The second-order valence-electron chi connectivity index (χ2n) is 6.76. The van der Waals surface area contributed by atoms with Crippen molar-refractivity contribution in [3.8, 4) is 5.88 Å². The minimum atomic E-state index is 0.591. The first-order chi connectivity index (χ1) is 10.2. The zero-order valence-corrected chi connectivity index (χ0v) is 13.4. The summed E-state index contributed by atoms with van der Waals surface area (Å²) in [4.78, 5) is 7.20. The van der Waals surface area contributed by atoms with E-state index in [1.807, 2.05) is 12.1 Å². The summed E-state index contributed by atoms with van der Waals surface area (Å²) in [7, 11) is 1.68. The molecular formula is C17H27N3O. The van der Waals surface area contributed by atoms with Crippen LogP contribution < -0.4 is 10.1 Å². The molecule has 0 aromatic carbocycles. The molecule has 1 aliphatic heterocycles. The number of rotatable bonds is 5. The van der Waals surface area contributed by atoms with E-state index in [-0.39, 0.29) is 0 Å². The Hall–Kier alpha value is -1.13. The number of nitrogens with zero attached hydrogens (tertiary/aromatic N) is 2. The van der Waals surface area contributed by atoms with Gasteiger partial charge in [-0.3, -0.25) is 4.90 Å². The largest absolute Gasteiger partial charge is 0.481 e. The third-order valence-electron chi connectivity index (χ3n) is 4.81. The summed E-state index contributed by atoms with van der Waals surface area (Å²) >= 11 is 0. The van der Waals surface area contributed by atoms with Crippen LogP contribution in [-0.2, 0) is 6.54 Å². The first kappa shape index (κ1) is 14.8. The molecule has 2 atom stereocenters. The number of aromatic nitrogens is 1. The van der Waals surface area contributed by atoms with Crippen molar-refractivity contribution in [2.75, 3.05) is 20.2 Å². The number of piperazine rings is 1. The Bertz CT molecular complexity index is 473. The van der Waals surface area contributed by atoms with Crippen LogP contribution in [0.2, 0.25) is 0 Å². The Morgan fingerprint density at radius 3 is 2.86 bits per heavy atom. The molecule has 4 nitrogen and oxygen atoms in total. The Morgan fingerprint density at radius 1 is 1.38 bits per heavy atom. The Balaban J connectivity index is 1.71. The van der Waals surface area contributed by atoms with E-state index in [2.05, 4.69) is 35.1 Å². The monoisotopic (exact) mass is 289 g/mol. The number of hydrogen-bond acceptors (Lipinski definition) is 4. The highest BCUT2D eigenvalue weighted by molar-refractivity contribution is 5.16. The maximum atomic E-state index is 5.25. The number of hydrogen-bond donors (Lipinski definition) is 1. The lowest BCUT2D eigenvalue weighted by atomic mass is 9.96. The standard InChI is InChI=1S/C17H27N3O/c1-12(2)16-9-18-15(13-7-8-13)11-20(16)10-14-5-4-6-17(19-14)21-3/h4-6,12-13,15-16,18H,7-11H2,1-3H3. The van der Waals surface area contributed by atoms with Gasteiger partial charge in [-0.25, -0.2) is 4.98 Å². The third-order valence-corrected chi connectivity index (χ3v) is 4.81. The van der Waals surface area contributed by atoms with E-state index >= 15 is 0 Å². The second-order valence-corrected chi connectivity index (χ2v) is 6.76. The normalized spacial score (nSPS) is 27.0. The van der Waals surface area contributed by atoms with Gasteiger partial charge in [0.2, 0.25) is 5.88 Å². The lowest BCUT2D eigenvalue weighted by Crippen LogP contribution is -2.58. The second kappa shape index (κ2) is 6.32. The first-order valence-corrected chi connectivity index (χ1v) is 8.14. The fraction of sp³-hybridized carbons (Fsp3) is 0.706. The predicted octanol–water partition coefficient (Wildman–Crippen LogP) is 2.30. The van der Waals surface area contributed by atoms with E-state index in [9.17, 15) is 0 Å². The van der Waals surface area contributed by atoms with Crippen LogP contribution in [0.3, 0.4) is 0 Å². The van der Waals surface area contributed by atoms with E-state index < -0.39 is 0 Å². The van der Waals surface area contributed by atoms with Gasteiger partial charge in [0.1, 0.15) is 0 Å². The summed E-state index contributed by atoms with van der Waals surface area (Å²) in [5.74, 6) is 2.27. The molecule has 1 N–H and O–H groups in total. The molecule has 0 radical (unpaired) electrons. The van der Waals surface area contributed by atoms with Crippen molar-refractivity contribution in [1.82, 2.24) is 15.2 Å². The molecule has 0 bridgehead atoms. The van der Waals surface area contributed by atoms with E-state index in [4.69, 9.17) is 4.74 Å². The summed E-state index contributed by atoms with van der Waals surface area (Å²) in [6.07, 6.45) is 2.80. The lowest BCUT2D eigenvalue weighted by molar-refractivity contribution is 0.0838. The molecule has 116 valence electrons. The molecule has 21 heavy (non-hydrogen) atoms. The van der Waals surface area contributed by atoms with Gasteiger partial charge < -0.3 is 10.1 Å². The first-order valence-electron chi connectivity index (χ1n) is 8.14. The molecule has 1 saturated heterocycles. The van der Waals surface area contributed by atoms with Crippen LogP contribution in [0.1, 0.15) is 32.4 Å². The van der Waals surface area contributed by atoms with Crippen molar-refractivity contribution >= 4 is 0 Å². The molecule has 2 aliphatic rings. The predicted molar refractivity (Wildman–Crippen MR) is 84.3 cm³/mol. The van der Waals surface area contributed by atoms with Gasteiger partial charge in [-0.2, -0.15) is 0 Å². The summed E-state index contributed by atoms with van der Waals surface area (Å²) in [5.41, 5.74) is 1.11. The molecule has 0 spiro atoms.